The van der Waals surface area contributed by atoms with Crippen LogP contribution in [-0.4, -0.2) is 55.8 Å². The van der Waals surface area contributed by atoms with Gasteiger partial charge in [-0.1, -0.05) is 58.0 Å². The van der Waals surface area contributed by atoms with Gasteiger partial charge in [0.2, 0.25) is 21.8 Å². The number of benzene rings is 1. The zero-order chi connectivity index (χ0) is 23.3. The van der Waals surface area contributed by atoms with Gasteiger partial charge in [0.1, 0.15) is 0 Å². The normalized spacial score (nSPS) is 18.7. The third kappa shape index (κ3) is 7.57. The second-order valence-electron chi connectivity index (χ2n) is 8.19. The Morgan fingerprint density at radius 3 is 2.34 bits per heavy atom. The fraction of sp³-hybridized carbons (Fsp3) is 0.550. The minimum absolute atomic E-state index is 0. The molecule has 0 aromatic heterocycles. The van der Waals surface area contributed by atoms with E-state index in [-0.39, 0.29) is 60.4 Å². The van der Waals surface area contributed by atoms with E-state index in [1.165, 1.54) is 11.9 Å². The second-order valence-corrected chi connectivity index (χ2v) is 11.4. The molecule has 1 unspecified atom stereocenters. The second kappa shape index (κ2) is 12.0. The number of hydrogen-bond acceptors (Lipinski definition) is 7. The Hall–Kier alpha value is -0.898. The van der Waals surface area contributed by atoms with Crippen LogP contribution >= 0.6 is 11.8 Å². The molecule has 1 aromatic carbocycles. The van der Waals surface area contributed by atoms with Crippen LogP contribution < -0.4 is 15.4 Å². The van der Waals surface area contributed by atoms with Gasteiger partial charge in [0, 0.05) is 50.0 Å². The third-order valence-electron chi connectivity index (χ3n) is 4.55. The first-order valence-electron chi connectivity index (χ1n) is 10.0. The van der Waals surface area contributed by atoms with E-state index in [0.717, 1.165) is 11.8 Å². The van der Waals surface area contributed by atoms with E-state index < -0.39 is 20.3 Å². The molecule has 2 rings (SSSR count). The Morgan fingerprint density at radius 2 is 1.81 bits per heavy atom. The van der Waals surface area contributed by atoms with Gasteiger partial charge in [-0.15, -0.1) is 5.10 Å². The SMILES string of the molecule is CCNCCS(=O)(=O)NCC1(c2ccccc2)SC(NC(=O)C(C)(C)C)=NN1C(C)=O.[U]. The molecule has 0 aliphatic carbocycles. The summed E-state index contributed by atoms with van der Waals surface area (Å²) in [4.78, 5) is 23.8. The Balaban J connectivity index is 0.00000512. The van der Waals surface area contributed by atoms with Crippen LogP contribution in [0.2, 0.25) is 0 Å². The molecule has 0 spiro atoms. The predicted molar refractivity (Wildman–Crippen MR) is 124 cm³/mol. The van der Waals surface area contributed by atoms with Crippen LogP contribution in [0, 0.1) is 36.5 Å². The number of amidine groups is 1. The molecule has 3 N–H and O–H groups in total. The Labute approximate surface area is 218 Å². The van der Waals surface area contributed by atoms with Gasteiger partial charge in [-0.25, -0.2) is 18.1 Å². The first-order valence-corrected chi connectivity index (χ1v) is 12.5. The smallest absolute Gasteiger partial charge is 0.241 e. The molecule has 32 heavy (non-hydrogen) atoms. The minimum Gasteiger partial charge on any atom is -0.316 e. The number of carbonyl (C=O) groups excluding carboxylic acids is 2. The number of hydrazone groups is 1. The molecule has 0 saturated heterocycles. The van der Waals surface area contributed by atoms with Gasteiger partial charge in [0.05, 0.1) is 12.3 Å². The molecule has 1 heterocycles. The van der Waals surface area contributed by atoms with Crippen molar-refractivity contribution in [3.63, 3.8) is 0 Å². The van der Waals surface area contributed by atoms with Crippen LogP contribution in [0.4, 0.5) is 0 Å². The summed E-state index contributed by atoms with van der Waals surface area (Å²) in [6, 6.07) is 9.06. The van der Waals surface area contributed by atoms with E-state index in [2.05, 4.69) is 20.5 Å². The number of sulfonamides is 1. The van der Waals surface area contributed by atoms with Crippen LogP contribution in [0.1, 0.15) is 40.2 Å². The van der Waals surface area contributed by atoms with Gasteiger partial charge in [0.25, 0.3) is 0 Å². The zero-order valence-corrected chi connectivity index (χ0v) is 24.9. The summed E-state index contributed by atoms with van der Waals surface area (Å²) in [6.45, 7) is 9.45. The van der Waals surface area contributed by atoms with Crippen molar-refractivity contribution in [1.82, 2.24) is 20.4 Å². The summed E-state index contributed by atoms with van der Waals surface area (Å²) < 4.78 is 27.7. The van der Waals surface area contributed by atoms with Crippen molar-refractivity contribution in [2.24, 2.45) is 10.5 Å². The first kappa shape index (κ1) is 29.1. The molecule has 0 fully saturated rings. The summed E-state index contributed by atoms with van der Waals surface area (Å²) in [5.41, 5.74) is 0.0315. The van der Waals surface area contributed by atoms with Crippen molar-refractivity contribution in [3.05, 3.63) is 35.9 Å². The van der Waals surface area contributed by atoms with Gasteiger partial charge in [-0.2, -0.15) is 0 Å². The van der Waals surface area contributed by atoms with E-state index in [0.29, 0.717) is 18.7 Å². The van der Waals surface area contributed by atoms with E-state index in [1.807, 2.05) is 13.0 Å². The van der Waals surface area contributed by atoms with Crippen LogP contribution in [0.3, 0.4) is 0 Å². The van der Waals surface area contributed by atoms with Gasteiger partial charge < -0.3 is 10.6 Å². The number of rotatable bonds is 8. The summed E-state index contributed by atoms with van der Waals surface area (Å²) in [6.07, 6.45) is 0. The maximum absolute atomic E-state index is 12.5. The van der Waals surface area contributed by atoms with Crippen molar-refractivity contribution in [2.45, 2.75) is 39.5 Å². The van der Waals surface area contributed by atoms with E-state index in [9.17, 15) is 18.0 Å². The molecule has 0 radical (unpaired) electrons. The van der Waals surface area contributed by atoms with Gasteiger partial charge in [-0.05, 0) is 23.9 Å². The fourth-order valence-electron chi connectivity index (χ4n) is 2.81. The number of thioether (sulfide) groups is 1. The average Bonchev–Trinajstić information content (AvgIpc) is 3.06. The summed E-state index contributed by atoms with van der Waals surface area (Å²) >= 11 is 1.14. The van der Waals surface area contributed by atoms with E-state index in [1.54, 1.807) is 45.0 Å². The number of amides is 2. The number of nitrogens with zero attached hydrogens (tertiary/aromatic N) is 2. The van der Waals surface area contributed by atoms with Crippen molar-refractivity contribution in [1.29, 1.82) is 0 Å². The molecule has 1 atom stereocenters. The van der Waals surface area contributed by atoms with Gasteiger partial charge in [-0.3, -0.25) is 9.59 Å². The number of nitrogens with one attached hydrogen (secondary N) is 3. The maximum atomic E-state index is 12.5. The van der Waals surface area contributed by atoms with Crippen LogP contribution in [0.15, 0.2) is 35.4 Å². The van der Waals surface area contributed by atoms with Crippen LogP contribution in [0.5, 0.6) is 0 Å². The standard InChI is InChI=1S/C20H31N5O4S2.U/c1-6-21-12-13-31(28,29)22-14-20(16-10-8-7-9-11-16)25(15(2)26)24-18(30-20)23-17(27)19(3,4)5;/h7-11,21-22H,6,12-14H2,1-5H3,(H,23,24,27);. The minimum atomic E-state index is -3.60. The monoisotopic (exact) mass is 707 g/mol. The summed E-state index contributed by atoms with van der Waals surface area (Å²) in [5.74, 6) is -0.717. The molecule has 1 aromatic rings. The average molecular weight is 708 g/mol. The fourth-order valence-corrected chi connectivity index (χ4v) is 5.13. The molecule has 0 saturated carbocycles. The molecular weight excluding hydrogens is 676 g/mol. The molecule has 12 heteroatoms. The van der Waals surface area contributed by atoms with Crippen LogP contribution in [-0.2, 0) is 24.5 Å². The van der Waals surface area contributed by atoms with Gasteiger partial charge in [0.15, 0.2) is 10.0 Å². The molecule has 1 aliphatic heterocycles. The summed E-state index contributed by atoms with van der Waals surface area (Å²) in [7, 11) is -3.60. The molecular formula is C20H31N5O4S2U. The molecule has 9 nitrogen and oxygen atoms in total. The first-order chi connectivity index (χ1) is 14.4. The molecule has 2 amide bonds. The molecule has 176 valence electrons. The zero-order valence-electron chi connectivity index (χ0n) is 19.1. The van der Waals surface area contributed by atoms with Crippen molar-refractivity contribution in [2.75, 3.05) is 25.4 Å². The van der Waals surface area contributed by atoms with Crippen molar-refractivity contribution in [3.8, 4) is 0 Å². The van der Waals surface area contributed by atoms with Gasteiger partial charge >= 0.3 is 0 Å². The van der Waals surface area contributed by atoms with Crippen molar-refractivity contribution < 1.29 is 49.1 Å². The largest absolute Gasteiger partial charge is 0.316 e. The Bertz CT molecular complexity index is 935. The van der Waals surface area contributed by atoms with Crippen LogP contribution in [0.25, 0.3) is 0 Å². The Kier molecular flexibility index (Phi) is 10.9. The third-order valence-corrected chi connectivity index (χ3v) is 7.15. The molecule has 1 aliphatic rings. The topological polar surface area (TPSA) is 120 Å². The number of carbonyl (C=O) groups is 2. The Morgan fingerprint density at radius 1 is 1.19 bits per heavy atom. The van der Waals surface area contributed by atoms with E-state index >= 15 is 0 Å². The summed E-state index contributed by atoms with van der Waals surface area (Å²) in [5, 5.41) is 11.6. The maximum Gasteiger partial charge on any atom is 0.241 e. The van der Waals surface area contributed by atoms with Crippen molar-refractivity contribution >= 4 is 38.8 Å². The predicted octanol–water partition coefficient (Wildman–Crippen LogP) is 1.40. The number of hydrogen-bond donors (Lipinski definition) is 3. The quantitative estimate of drug-likeness (QED) is 0.352. The molecule has 0 bridgehead atoms. The van der Waals surface area contributed by atoms with E-state index in [4.69, 9.17) is 0 Å².